The van der Waals surface area contributed by atoms with E-state index in [1.54, 1.807) is 0 Å². The lowest BCUT2D eigenvalue weighted by atomic mass is 10.7. The van der Waals surface area contributed by atoms with Crippen LogP contribution < -0.4 is 0 Å². The summed E-state index contributed by atoms with van der Waals surface area (Å²) >= 11 is 0. The van der Waals surface area contributed by atoms with Crippen molar-refractivity contribution in [2.24, 2.45) is 0 Å². The van der Waals surface area contributed by atoms with Crippen molar-refractivity contribution in [1.29, 1.82) is 0 Å². The molecular formula is C7H15O4P. The zero-order chi connectivity index (χ0) is 9.82. The van der Waals surface area contributed by atoms with Crippen LogP contribution in [0.3, 0.4) is 0 Å². The van der Waals surface area contributed by atoms with Crippen molar-refractivity contribution in [3.05, 3.63) is 12.7 Å². The highest BCUT2D eigenvalue weighted by molar-refractivity contribution is 7.26. The van der Waals surface area contributed by atoms with Crippen LogP contribution in [0.15, 0.2) is 12.7 Å². The average Bonchev–Trinajstić information content (AvgIpc) is 2.07. The number of carbonyl (C=O) groups is 1. The highest BCUT2D eigenvalue weighted by Gasteiger charge is 1.77. The normalized spacial score (nSPS) is 8.17. The first kappa shape index (κ1) is 14.1. The molecule has 0 aliphatic carbocycles. The van der Waals surface area contributed by atoms with E-state index < -0.39 is 5.97 Å². The van der Waals surface area contributed by atoms with Crippen molar-refractivity contribution in [1.82, 2.24) is 0 Å². The summed E-state index contributed by atoms with van der Waals surface area (Å²) < 4.78 is 9.76. The van der Waals surface area contributed by atoms with Crippen LogP contribution >= 0.6 is 9.03 Å². The standard InChI is InChI=1S/C4H11O2P.C3H4O2/c1-3-5-7-6-4-2;1-2-3(4)5/h7H,3-4H2,1-2H3;2H,1H2,(H,4,5). The first-order valence-electron chi connectivity index (χ1n) is 3.52. The lowest BCUT2D eigenvalue weighted by Crippen LogP contribution is -1.82. The fourth-order valence-corrected chi connectivity index (χ4v) is 0.479. The van der Waals surface area contributed by atoms with Gasteiger partial charge in [0.1, 0.15) is 0 Å². The molecule has 0 bridgehead atoms. The Hall–Kier alpha value is -0.440. The van der Waals surface area contributed by atoms with Crippen LogP contribution in [0.25, 0.3) is 0 Å². The Kier molecular flexibility index (Phi) is 15.5. The average molecular weight is 194 g/mol. The zero-order valence-electron chi connectivity index (χ0n) is 7.37. The zero-order valence-corrected chi connectivity index (χ0v) is 8.37. The molecule has 72 valence electrons. The number of carboxylic acid groups (broad SMARTS) is 1. The second kappa shape index (κ2) is 13.2. The predicted octanol–water partition coefficient (Wildman–Crippen LogP) is 1.82. The topological polar surface area (TPSA) is 55.8 Å². The Bertz CT molecular complexity index is 112. The van der Waals surface area contributed by atoms with E-state index in [2.05, 4.69) is 6.58 Å². The van der Waals surface area contributed by atoms with E-state index in [-0.39, 0.29) is 9.03 Å². The first-order valence-corrected chi connectivity index (χ1v) is 4.34. The third kappa shape index (κ3) is 22.7. The minimum absolute atomic E-state index is 0.232. The van der Waals surface area contributed by atoms with Crippen molar-refractivity contribution in [2.45, 2.75) is 13.8 Å². The van der Waals surface area contributed by atoms with Gasteiger partial charge in [-0.1, -0.05) is 6.58 Å². The van der Waals surface area contributed by atoms with Crippen LogP contribution in [0.4, 0.5) is 0 Å². The molecule has 0 heterocycles. The Labute approximate surface area is 74.5 Å². The summed E-state index contributed by atoms with van der Waals surface area (Å²) in [5.41, 5.74) is 0. The van der Waals surface area contributed by atoms with Crippen LogP contribution in [-0.4, -0.2) is 24.3 Å². The van der Waals surface area contributed by atoms with E-state index in [0.29, 0.717) is 0 Å². The van der Waals surface area contributed by atoms with Crippen molar-refractivity contribution >= 4 is 15.0 Å². The number of rotatable bonds is 5. The number of hydrogen-bond donors (Lipinski definition) is 1. The SMILES string of the molecule is C=CC(=O)O.CCOPOCC. The van der Waals surface area contributed by atoms with Crippen molar-refractivity contribution < 1.29 is 18.9 Å². The van der Waals surface area contributed by atoms with Gasteiger partial charge in [0.2, 0.25) is 0 Å². The lowest BCUT2D eigenvalue weighted by molar-refractivity contribution is -0.131. The second-order valence-electron chi connectivity index (χ2n) is 1.49. The predicted molar refractivity (Wildman–Crippen MR) is 49.4 cm³/mol. The molecule has 1 N–H and O–H groups in total. The van der Waals surface area contributed by atoms with Crippen molar-refractivity contribution in [3.63, 3.8) is 0 Å². The molecule has 0 aliphatic heterocycles. The summed E-state index contributed by atoms with van der Waals surface area (Å²) in [5, 5.41) is 7.60. The first-order chi connectivity index (χ1) is 5.68. The third-order valence-electron chi connectivity index (χ3n) is 0.581. The molecule has 5 heteroatoms. The molecule has 0 saturated carbocycles. The van der Waals surface area contributed by atoms with Gasteiger partial charge in [-0.15, -0.1) is 0 Å². The fraction of sp³-hybridized carbons (Fsp3) is 0.571. The van der Waals surface area contributed by atoms with Gasteiger partial charge in [-0.2, -0.15) is 0 Å². The van der Waals surface area contributed by atoms with Crippen LogP contribution in [0.1, 0.15) is 13.8 Å². The van der Waals surface area contributed by atoms with Crippen LogP contribution in [0.5, 0.6) is 0 Å². The minimum atomic E-state index is -0.981. The Morgan fingerprint density at radius 3 is 2.00 bits per heavy atom. The van der Waals surface area contributed by atoms with E-state index in [4.69, 9.17) is 14.2 Å². The molecule has 0 spiro atoms. The van der Waals surface area contributed by atoms with Crippen molar-refractivity contribution in [2.75, 3.05) is 13.2 Å². The van der Waals surface area contributed by atoms with E-state index in [1.807, 2.05) is 13.8 Å². The van der Waals surface area contributed by atoms with Gasteiger partial charge >= 0.3 is 5.97 Å². The van der Waals surface area contributed by atoms with Crippen LogP contribution in [-0.2, 0) is 13.8 Å². The maximum atomic E-state index is 9.25. The molecule has 0 rings (SSSR count). The largest absolute Gasteiger partial charge is 0.478 e. The van der Waals surface area contributed by atoms with E-state index in [1.165, 1.54) is 0 Å². The molecule has 0 saturated heterocycles. The molecule has 0 aromatic rings. The highest BCUT2D eigenvalue weighted by Crippen LogP contribution is 2.10. The van der Waals surface area contributed by atoms with Gasteiger partial charge < -0.3 is 14.2 Å². The quantitative estimate of drug-likeness (QED) is 0.412. The molecule has 4 nitrogen and oxygen atoms in total. The summed E-state index contributed by atoms with van der Waals surface area (Å²) in [6.07, 6.45) is 0.833. The minimum Gasteiger partial charge on any atom is -0.478 e. The Morgan fingerprint density at radius 2 is 1.83 bits per heavy atom. The summed E-state index contributed by atoms with van der Waals surface area (Å²) in [6, 6.07) is 0. The van der Waals surface area contributed by atoms with Gasteiger partial charge in [0.15, 0.2) is 9.03 Å². The molecule has 0 radical (unpaired) electrons. The molecule has 0 aliphatic rings. The summed E-state index contributed by atoms with van der Waals surface area (Å²) in [7, 11) is 0.232. The third-order valence-corrected chi connectivity index (χ3v) is 1.39. The molecular weight excluding hydrogens is 179 g/mol. The molecule has 12 heavy (non-hydrogen) atoms. The number of hydrogen-bond acceptors (Lipinski definition) is 3. The number of aliphatic carboxylic acids is 1. The number of carboxylic acids is 1. The second-order valence-corrected chi connectivity index (χ2v) is 2.24. The molecule has 0 aromatic carbocycles. The van der Waals surface area contributed by atoms with Crippen molar-refractivity contribution in [3.8, 4) is 0 Å². The molecule has 0 atom stereocenters. The summed E-state index contributed by atoms with van der Waals surface area (Å²) in [5.74, 6) is -0.981. The van der Waals surface area contributed by atoms with Gasteiger partial charge in [0, 0.05) is 6.08 Å². The van der Waals surface area contributed by atoms with Gasteiger partial charge in [0.25, 0.3) is 0 Å². The van der Waals surface area contributed by atoms with E-state index in [9.17, 15) is 4.79 Å². The lowest BCUT2D eigenvalue weighted by Gasteiger charge is -1.96. The van der Waals surface area contributed by atoms with Crippen LogP contribution in [0, 0.1) is 0 Å². The Morgan fingerprint density at radius 1 is 1.50 bits per heavy atom. The fourth-order valence-electron chi connectivity index (χ4n) is 0.160. The molecule has 0 amide bonds. The van der Waals surface area contributed by atoms with E-state index in [0.717, 1.165) is 19.3 Å². The maximum Gasteiger partial charge on any atom is 0.327 e. The molecule has 0 aromatic heterocycles. The van der Waals surface area contributed by atoms with Crippen LogP contribution in [0.2, 0.25) is 0 Å². The maximum absolute atomic E-state index is 9.25. The van der Waals surface area contributed by atoms with E-state index >= 15 is 0 Å². The molecule has 0 unspecified atom stereocenters. The van der Waals surface area contributed by atoms with Gasteiger partial charge in [-0.3, -0.25) is 0 Å². The van der Waals surface area contributed by atoms with Gasteiger partial charge in [0.05, 0.1) is 13.2 Å². The monoisotopic (exact) mass is 194 g/mol. The smallest absolute Gasteiger partial charge is 0.327 e. The van der Waals surface area contributed by atoms with Gasteiger partial charge in [-0.05, 0) is 13.8 Å². The highest BCUT2D eigenvalue weighted by atomic mass is 31.1. The molecule has 0 fully saturated rings. The Balaban J connectivity index is 0. The summed E-state index contributed by atoms with van der Waals surface area (Å²) in [4.78, 5) is 9.25. The summed E-state index contributed by atoms with van der Waals surface area (Å²) in [6.45, 7) is 8.36. The van der Waals surface area contributed by atoms with Gasteiger partial charge in [-0.25, -0.2) is 4.79 Å².